The quantitative estimate of drug-likeness (QED) is 0.883. The molecule has 1 aliphatic rings. The first-order valence-corrected chi connectivity index (χ1v) is 7.52. The van der Waals surface area contributed by atoms with Crippen molar-refractivity contribution in [3.05, 3.63) is 35.9 Å². The minimum absolute atomic E-state index is 0.464. The van der Waals surface area contributed by atoms with Crippen LogP contribution < -0.4 is 10.2 Å². The molecule has 0 aliphatic carbocycles. The van der Waals surface area contributed by atoms with Crippen LogP contribution in [0.25, 0.3) is 0 Å². The molecule has 1 saturated heterocycles. The normalized spacial score (nSPS) is 22.5. The molecule has 2 atom stereocenters. The van der Waals surface area contributed by atoms with E-state index in [1.54, 1.807) is 6.20 Å². The SMILES string of the molecule is CC1CN(c2n[nH]c(CCc3cccnc3)n2)CC(C)N1. The second-order valence-electron chi connectivity index (χ2n) is 5.82. The van der Waals surface area contributed by atoms with Gasteiger partial charge in [0.05, 0.1) is 0 Å². The van der Waals surface area contributed by atoms with Crippen molar-refractivity contribution in [3.63, 3.8) is 0 Å². The number of rotatable bonds is 4. The highest BCUT2D eigenvalue weighted by molar-refractivity contribution is 5.31. The fourth-order valence-electron chi connectivity index (χ4n) is 2.84. The monoisotopic (exact) mass is 286 g/mol. The number of aromatic amines is 1. The standard InChI is InChI=1S/C15H22N6/c1-11-9-21(10-12(2)17-11)15-18-14(19-20-15)6-5-13-4-3-7-16-8-13/h3-4,7-8,11-12,17H,5-6,9-10H2,1-2H3,(H,18,19,20). The van der Waals surface area contributed by atoms with E-state index in [2.05, 4.69) is 50.3 Å². The van der Waals surface area contributed by atoms with Gasteiger partial charge in [0.2, 0.25) is 5.95 Å². The van der Waals surface area contributed by atoms with Gasteiger partial charge < -0.3 is 10.2 Å². The van der Waals surface area contributed by atoms with Crippen LogP contribution >= 0.6 is 0 Å². The summed E-state index contributed by atoms with van der Waals surface area (Å²) in [6.45, 7) is 6.28. The predicted octanol–water partition coefficient (Wildman–Crippen LogP) is 1.17. The van der Waals surface area contributed by atoms with Gasteiger partial charge in [-0.15, -0.1) is 5.10 Å². The summed E-state index contributed by atoms with van der Waals surface area (Å²) < 4.78 is 0. The van der Waals surface area contributed by atoms with Gasteiger partial charge in [0.1, 0.15) is 5.82 Å². The number of nitrogens with zero attached hydrogens (tertiary/aromatic N) is 4. The van der Waals surface area contributed by atoms with Crippen LogP contribution in [0.3, 0.4) is 0 Å². The van der Waals surface area contributed by atoms with Crippen molar-refractivity contribution in [2.75, 3.05) is 18.0 Å². The summed E-state index contributed by atoms with van der Waals surface area (Å²) in [7, 11) is 0. The van der Waals surface area contributed by atoms with Crippen molar-refractivity contribution in [1.29, 1.82) is 0 Å². The molecule has 2 unspecified atom stereocenters. The van der Waals surface area contributed by atoms with Crippen LogP contribution in [0.1, 0.15) is 25.2 Å². The van der Waals surface area contributed by atoms with Crippen LogP contribution in [0, 0.1) is 0 Å². The first kappa shape index (κ1) is 14.0. The molecular weight excluding hydrogens is 264 g/mol. The zero-order valence-corrected chi connectivity index (χ0v) is 12.6. The first-order valence-electron chi connectivity index (χ1n) is 7.52. The highest BCUT2D eigenvalue weighted by Crippen LogP contribution is 2.13. The second kappa shape index (κ2) is 6.22. The Morgan fingerprint density at radius 1 is 1.24 bits per heavy atom. The number of nitrogens with one attached hydrogen (secondary N) is 2. The molecule has 0 aromatic carbocycles. The van der Waals surface area contributed by atoms with Crippen molar-refractivity contribution < 1.29 is 0 Å². The van der Waals surface area contributed by atoms with E-state index >= 15 is 0 Å². The lowest BCUT2D eigenvalue weighted by molar-refractivity contribution is 0.403. The van der Waals surface area contributed by atoms with E-state index in [1.165, 1.54) is 5.56 Å². The predicted molar refractivity (Wildman–Crippen MR) is 82.3 cm³/mol. The van der Waals surface area contributed by atoms with Crippen molar-refractivity contribution >= 4 is 5.95 Å². The minimum atomic E-state index is 0.464. The first-order chi connectivity index (χ1) is 10.2. The molecule has 21 heavy (non-hydrogen) atoms. The number of hydrogen-bond acceptors (Lipinski definition) is 5. The highest BCUT2D eigenvalue weighted by Gasteiger charge is 2.23. The number of piperazine rings is 1. The molecule has 2 aromatic heterocycles. The molecule has 1 fully saturated rings. The molecule has 0 bridgehead atoms. The molecule has 3 heterocycles. The third kappa shape index (κ3) is 3.58. The Kier molecular flexibility index (Phi) is 4.15. The maximum Gasteiger partial charge on any atom is 0.244 e. The van der Waals surface area contributed by atoms with Crippen LogP contribution in [0.4, 0.5) is 5.95 Å². The molecule has 0 saturated carbocycles. The number of pyridine rings is 1. The Hall–Kier alpha value is -1.95. The van der Waals surface area contributed by atoms with Crippen molar-refractivity contribution in [1.82, 2.24) is 25.5 Å². The lowest BCUT2D eigenvalue weighted by Crippen LogP contribution is -2.54. The van der Waals surface area contributed by atoms with Crippen molar-refractivity contribution in [3.8, 4) is 0 Å². The van der Waals surface area contributed by atoms with Gasteiger partial charge in [-0.1, -0.05) is 6.07 Å². The van der Waals surface area contributed by atoms with E-state index in [0.29, 0.717) is 12.1 Å². The third-order valence-corrected chi connectivity index (χ3v) is 3.73. The average Bonchev–Trinajstić information content (AvgIpc) is 2.94. The van der Waals surface area contributed by atoms with Gasteiger partial charge in [-0.05, 0) is 31.9 Å². The van der Waals surface area contributed by atoms with Gasteiger partial charge in [-0.2, -0.15) is 4.98 Å². The number of H-pyrrole nitrogens is 1. The van der Waals surface area contributed by atoms with Crippen LogP contribution in [-0.4, -0.2) is 45.3 Å². The molecular formula is C15H22N6. The van der Waals surface area contributed by atoms with Crippen LogP contribution in [0.2, 0.25) is 0 Å². The molecule has 0 amide bonds. The van der Waals surface area contributed by atoms with Crippen LogP contribution in [0.5, 0.6) is 0 Å². The van der Waals surface area contributed by atoms with Gasteiger partial charge >= 0.3 is 0 Å². The molecule has 1 aliphatic heterocycles. The summed E-state index contributed by atoms with van der Waals surface area (Å²) in [6, 6.07) is 4.98. The fraction of sp³-hybridized carbons (Fsp3) is 0.533. The lowest BCUT2D eigenvalue weighted by Gasteiger charge is -2.35. The topological polar surface area (TPSA) is 69.7 Å². The van der Waals surface area contributed by atoms with Crippen LogP contribution in [-0.2, 0) is 12.8 Å². The molecule has 2 aromatic rings. The summed E-state index contributed by atoms with van der Waals surface area (Å²) in [4.78, 5) is 11.0. The maximum atomic E-state index is 4.63. The number of aryl methyl sites for hydroxylation is 2. The Morgan fingerprint density at radius 2 is 2.05 bits per heavy atom. The summed E-state index contributed by atoms with van der Waals surface area (Å²) in [6.07, 6.45) is 5.48. The van der Waals surface area contributed by atoms with Gasteiger partial charge in [-0.3, -0.25) is 10.1 Å². The third-order valence-electron chi connectivity index (χ3n) is 3.73. The summed E-state index contributed by atoms with van der Waals surface area (Å²) in [5.74, 6) is 1.75. The number of aromatic nitrogens is 4. The van der Waals surface area contributed by atoms with Gasteiger partial charge in [0, 0.05) is 44.0 Å². The van der Waals surface area contributed by atoms with E-state index in [1.807, 2.05) is 12.3 Å². The second-order valence-corrected chi connectivity index (χ2v) is 5.82. The lowest BCUT2D eigenvalue weighted by atomic mass is 10.1. The smallest absolute Gasteiger partial charge is 0.244 e. The van der Waals surface area contributed by atoms with Crippen molar-refractivity contribution in [2.24, 2.45) is 0 Å². The van der Waals surface area contributed by atoms with E-state index in [0.717, 1.165) is 37.7 Å². The van der Waals surface area contributed by atoms with Gasteiger partial charge in [0.15, 0.2) is 0 Å². The Bertz CT molecular complexity index is 557. The Morgan fingerprint density at radius 3 is 2.76 bits per heavy atom. The largest absolute Gasteiger partial charge is 0.336 e. The molecule has 112 valence electrons. The fourth-order valence-corrected chi connectivity index (χ4v) is 2.84. The molecule has 3 rings (SSSR count). The minimum Gasteiger partial charge on any atom is -0.336 e. The van der Waals surface area contributed by atoms with Crippen LogP contribution in [0.15, 0.2) is 24.5 Å². The molecule has 0 spiro atoms. The number of hydrogen-bond donors (Lipinski definition) is 2. The maximum absolute atomic E-state index is 4.63. The van der Waals surface area contributed by atoms with Gasteiger partial charge in [-0.25, -0.2) is 0 Å². The Balaban J connectivity index is 1.61. The van der Waals surface area contributed by atoms with E-state index in [9.17, 15) is 0 Å². The molecule has 6 nitrogen and oxygen atoms in total. The zero-order valence-electron chi connectivity index (χ0n) is 12.6. The van der Waals surface area contributed by atoms with E-state index in [4.69, 9.17) is 0 Å². The highest BCUT2D eigenvalue weighted by atomic mass is 15.4. The summed E-state index contributed by atoms with van der Waals surface area (Å²) >= 11 is 0. The van der Waals surface area contributed by atoms with Crippen molar-refractivity contribution in [2.45, 2.75) is 38.8 Å². The average molecular weight is 286 g/mol. The van der Waals surface area contributed by atoms with E-state index < -0.39 is 0 Å². The Labute approximate surface area is 125 Å². The zero-order chi connectivity index (χ0) is 14.7. The summed E-state index contributed by atoms with van der Waals surface area (Å²) in [5, 5.41) is 10.9. The van der Waals surface area contributed by atoms with Gasteiger partial charge in [0.25, 0.3) is 0 Å². The van der Waals surface area contributed by atoms with E-state index in [-0.39, 0.29) is 0 Å². The molecule has 6 heteroatoms. The number of anilines is 1. The molecule has 2 N–H and O–H groups in total. The summed E-state index contributed by atoms with van der Waals surface area (Å²) in [5.41, 5.74) is 1.22. The molecule has 0 radical (unpaired) electrons.